The average Bonchev–Trinajstić information content (AvgIpc) is 2.32. The Balaban J connectivity index is 3.14. The molecular formula is C9H10N2. The summed E-state index contributed by atoms with van der Waals surface area (Å²) in [5, 5.41) is 0. The highest BCUT2D eigenvalue weighted by Gasteiger charge is 1.98. The minimum absolute atomic E-state index is 0.869. The lowest BCUT2D eigenvalue weighted by Gasteiger charge is -1.85. The van der Waals surface area contributed by atoms with Crippen molar-refractivity contribution >= 4 is 6.21 Å². The molecule has 0 aliphatic rings. The number of nitrogens with one attached hydrogen (secondary N) is 1. The Bertz CT molecular complexity index is 313. The first-order valence-corrected chi connectivity index (χ1v) is 3.36. The summed E-state index contributed by atoms with van der Waals surface area (Å²) in [4.78, 5) is 6.98. The Morgan fingerprint density at radius 3 is 3.00 bits per heavy atom. The Kier molecular flexibility index (Phi) is 2.12. The number of aryl methyl sites for hydroxylation is 1. The number of hydrogen-bond donors (Lipinski definition) is 1. The van der Waals surface area contributed by atoms with Crippen LogP contribution in [0.2, 0.25) is 0 Å². The topological polar surface area (TPSA) is 28.1 Å². The van der Waals surface area contributed by atoms with E-state index in [0.717, 1.165) is 17.0 Å². The number of hydrogen-bond acceptors (Lipinski definition) is 1. The van der Waals surface area contributed by atoms with Crippen LogP contribution in [0.5, 0.6) is 0 Å². The smallest absolute Gasteiger partial charge is 0.0722 e. The van der Waals surface area contributed by atoms with E-state index in [-0.39, 0.29) is 0 Å². The molecule has 1 aromatic heterocycles. The predicted octanol–water partition coefficient (Wildman–Crippen LogP) is 1.35. The number of H-pyrrole nitrogens is 1. The molecule has 56 valence electrons. The lowest BCUT2D eigenvalue weighted by molar-refractivity contribution is 1.25. The molecule has 11 heavy (non-hydrogen) atoms. The maximum Gasteiger partial charge on any atom is 0.0722 e. The van der Waals surface area contributed by atoms with Gasteiger partial charge in [0.1, 0.15) is 0 Å². The van der Waals surface area contributed by atoms with E-state index in [4.69, 9.17) is 6.42 Å². The Morgan fingerprint density at radius 2 is 2.45 bits per heavy atom. The van der Waals surface area contributed by atoms with Crippen LogP contribution < -0.4 is 0 Å². The van der Waals surface area contributed by atoms with Crippen LogP contribution in [-0.2, 0) is 0 Å². The van der Waals surface area contributed by atoms with E-state index in [0.29, 0.717) is 0 Å². The average molecular weight is 146 g/mol. The number of nitrogens with zero attached hydrogens (tertiary/aromatic N) is 1. The zero-order valence-corrected chi connectivity index (χ0v) is 6.68. The first kappa shape index (κ1) is 7.62. The Morgan fingerprint density at radius 1 is 1.73 bits per heavy atom. The minimum atomic E-state index is 0.869. The van der Waals surface area contributed by atoms with Crippen molar-refractivity contribution in [1.29, 1.82) is 0 Å². The Labute approximate surface area is 66.4 Å². The molecule has 0 amide bonds. The van der Waals surface area contributed by atoms with Crippen molar-refractivity contribution in [2.45, 2.75) is 6.92 Å². The molecule has 0 aliphatic heterocycles. The highest BCUT2D eigenvalue weighted by Crippen LogP contribution is 2.06. The maximum atomic E-state index is 5.26. The third-order valence-corrected chi connectivity index (χ3v) is 1.40. The molecule has 0 unspecified atom stereocenters. The lowest BCUT2D eigenvalue weighted by atomic mass is 10.2. The first-order chi connectivity index (χ1) is 5.27. The molecule has 0 spiro atoms. The van der Waals surface area contributed by atoms with Crippen LogP contribution in [0.15, 0.2) is 11.1 Å². The van der Waals surface area contributed by atoms with Crippen LogP contribution in [0.1, 0.15) is 17.0 Å². The zero-order chi connectivity index (χ0) is 8.27. The molecule has 1 heterocycles. The summed E-state index contributed by atoms with van der Waals surface area (Å²) in [7, 11) is 1.72. The molecule has 0 saturated carbocycles. The second-order valence-corrected chi connectivity index (χ2v) is 2.31. The van der Waals surface area contributed by atoms with Gasteiger partial charge in [-0.1, -0.05) is 5.92 Å². The minimum Gasteiger partial charge on any atom is -0.357 e. The number of terminal acetylenes is 1. The summed E-state index contributed by atoms with van der Waals surface area (Å²) in [5.41, 5.74) is 2.84. The van der Waals surface area contributed by atoms with Crippen LogP contribution >= 0.6 is 0 Å². The van der Waals surface area contributed by atoms with E-state index < -0.39 is 0 Å². The second-order valence-electron chi connectivity index (χ2n) is 2.31. The SMILES string of the molecule is C#Cc1cc(C)[nH]c1/C=N\C. The molecule has 1 N–H and O–H groups in total. The molecule has 0 radical (unpaired) electrons. The largest absolute Gasteiger partial charge is 0.357 e. The molecule has 2 nitrogen and oxygen atoms in total. The van der Waals surface area contributed by atoms with Gasteiger partial charge in [0.25, 0.3) is 0 Å². The van der Waals surface area contributed by atoms with Crippen molar-refractivity contribution in [2.24, 2.45) is 4.99 Å². The maximum absolute atomic E-state index is 5.26. The van der Waals surface area contributed by atoms with Crippen molar-refractivity contribution in [1.82, 2.24) is 4.98 Å². The predicted molar refractivity (Wildman–Crippen MR) is 47.0 cm³/mol. The van der Waals surface area contributed by atoms with Crippen molar-refractivity contribution < 1.29 is 0 Å². The Hall–Kier alpha value is -1.49. The van der Waals surface area contributed by atoms with Crippen molar-refractivity contribution in [3.8, 4) is 12.3 Å². The highest BCUT2D eigenvalue weighted by atomic mass is 14.8. The van der Waals surface area contributed by atoms with Gasteiger partial charge in [0.05, 0.1) is 11.3 Å². The van der Waals surface area contributed by atoms with Gasteiger partial charge in [-0.25, -0.2) is 0 Å². The molecule has 1 aromatic rings. The van der Waals surface area contributed by atoms with Crippen LogP contribution in [0.25, 0.3) is 0 Å². The van der Waals surface area contributed by atoms with E-state index in [1.807, 2.05) is 13.0 Å². The first-order valence-electron chi connectivity index (χ1n) is 3.36. The van der Waals surface area contributed by atoms with Crippen molar-refractivity contribution in [3.63, 3.8) is 0 Å². The molecule has 0 bridgehead atoms. The van der Waals surface area contributed by atoms with Crippen LogP contribution in [0.4, 0.5) is 0 Å². The molecule has 0 aliphatic carbocycles. The van der Waals surface area contributed by atoms with Crippen LogP contribution in [0, 0.1) is 19.3 Å². The summed E-state index contributed by atoms with van der Waals surface area (Å²) in [6.45, 7) is 1.97. The van der Waals surface area contributed by atoms with Gasteiger partial charge in [-0.05, 0) is 13.0 Å². The molecule has 2 heteroatoms. The standard InChI is InChI=1S/C9H10N2/c1-4-8-5-7(2)11-9(8)6-10-3/h1,5-6,11H,2-3H3/b10-6-. The normalized spacial score (nSPS) is 10.3. The van der Waals surface area contributed by atoms with Gasteiger partial charge in [-0.15, -0.1) is 6.42 Å². The summed E-state index contributed by atoms with van der Waals surface area (Å²) in [6.07, 6.45) is 6.99. The van der Waals surface area contributed by atoms with E-state index >= 15 is 0 Å². The fraction of sp³-hybridized carbons (Fsp3) is 0.222. The summed E-state index contributed by atoms with van der Waals surface area (Å²) >= 11 is 0. The summed E-state index contributed by atoms with van der Waals surface area (Å²) < 4.78 is 0. The fourth-order valence-electron chi connectivity index (χ4n) is 0.960. The quantitative estimate of drug-likeness (QED) is 0.457. The number of aliphatic imine (C=N–C) groups is 1. The van der Waals surface area contributed by atoms with E-state index in [1.54, 1.807) is 13.3 Å². The van der Waals surface area contributed by atoms with Gasteiger partial charge in [0.2, 0.25) is 0 Å². The monoisotopic (exact) mass is 146 g/mol. The van der Waals surface area contributed by atoms with Crippen molar-refractivity contribution in [2.75, 3.05) is 7.05 Å². The van der Waals surface area contributed by atoms with Gasteiger partial charge >= 0.3 is 0 Å². The molecule has 0 aromatic carbocycles. The molecule has 0 saturated heterocycles. The lowest BCUT2D eigenvalue weighted by Crippen LogP contribution is -1.84. The van der Waals surface area contributed by atoms with E-state index in [9.17, 15) is 0 Å². The zero-order valence-electron chi connectivity index (χ0n) is 6.68. The number of aromatic amines is 1. The van der Waals surface area contributed by atoms with Gasteiger partial charge in [0.15, 0.2) is 0 Å². The third kappa shape index (κ3) is 1.50. The molecule has 1 rings (SSSR count). The van der Waals surface area contributed by atoms with Gasteiger partial charge in [-0.3, -0.25) is 4.99 Å². The van der Waals surface area contributed by atoms with Gasteiger partial charge in [0, 0.05) is 19.0 Å². The number of aromatic nitrogens is 1. The summed E-state index contributed by atoms with van der Waals surface area (Å²) in [5.74, 6) is 2.58. The summed E-state index contributed by atoms with van der Waals surface area (Å²) in [6, 6.07) is 1.93. The van der Waals surface area contributed by atoms with E-state index in [1.165, 1.54) is 0 Å². The van der Waals surface area contributed by atoms with Gasteiger partial charge < -0.3 is 4.98 Å². The highest BCUT2D eigenvalue weighted by molar-refractivity contribution is 5.81. The van der Waals surface area contributed by atoms with Crippen molar-refractivity contribution in [3.05, 3.63) is 23.0 Å². The molecule has 0 fully saturated rings. The van der Waals surface area contributed by atoms with Crippen LogP contribution in [-0.4, -0.2) is 18.2 Å². The van der Waals surface area contributed by atoms with E-state index in [2.05, 4.69) is 15.9 Å². The van der Waals surface area contributed by atoms with Crippen LogP contribution in [0.3, 0.4) is 0 Å². The molecular weight excluding hydrogens is 136 g/mol. The van der Waals surface area contributed by atoms with Gasteiger partial charge in [-0.2, -0.15) is 0 Å². The fourth-order valence-corrected chi connectivity index (χ4v) is 0.960. The second kappa shape index (κ2) is 3.07. The number of rotatable bonds is 1. The molecule has 0 atom stereocenters. The third-order valence-electron chi connectivity index (χ3n) is 1.40.